The molecule has 2 aliphatic heterocycles. The Labute approximate surface area is 328 Å². The summed E-state index contributed by atoms with van der Waals surface area (Å²) in [7, 11) is 3.11. The second-order valence-electron chi connectivity index (χ2n) is 11.2. The Kier molecular flexibility index (Phi) is 29.1. The maximum Gasteiger partial charge on any atom is 0.292 e. The molecule has 0 aliphatic carbocycles. The van der Waals surface area contributed by atoms with Crippen molar-refractivity contribution < 1.29 is 23.9 Å². The minimum atomic E-state index is -0.150. The number of aromatic amines is 2. The van der Waals surface area contributed by atoms with E-state index >= 15 is 0 Å². The van der Waals surface area contributed by atoms with Gasteiger partial charge in [0.15, 0.2) is 14.7 Å². The van der Waals surface area contributed by atoms with Crippen molar-refractivity contribution in [1.29, 1.82) is 0 Å². The van der Waals surface area contributed by atoms with Crippen LogP contribution in [0.1, 0.15) is 97.7 Å². The minimum Gasteiger partial charge on any atom is -0.471 e. The third-order valence-electron chi connectivity index (χ3n) is 6.34. The average Bonchev–Trinajstić information content (AvgIpc) is 4.01. The molecule has 54 heavy (non-hydrogen) atoms. The van der Waals surface area contributed by atoms with Gasteiger partial charge in [-0.1, -0.05) is 77.1 Å². The summed E-state index contributed by atoms with van der Waals surface area (Å²) in [5.74, 6) is 6.10. The molecule has 3 amide bonds. The topological polar surface area (TPSA) is 191 Å². The molecule has 0 unspecified atom stereocenters. The van der Waals surface area contributed by atoms with Crippen LogP contribution in [-0.4, -0.2) is 117 Å². The van der Waals surface area contributed by atoms with Crippen LogP contribution in [0, 0.1) is 11.8 Å². The quantitative estimate of drug-likeness (QED) is 0.144. The second-order valence-corrected chi connectivity index (χ2v) is 13.1. The van der Waals surface area contributed by atoms with Crippen LogP contribution in [0.25, 0.3) is 20.4 Å². The first-order valence-corrected chi connectivity index (χ1v) is 20.0. The summed E-state index contributed by atoms with van der Waals surface area (Å²) in [6.45, 7) is 18.5. The highest BCUT2D eigenvalue weighted by atomic mass is 32.1. The van der Waals surface area contributed by atoms with Crippen molar-refractivity contribution in [3.8, 4) is 22.5 Å². The highest BCUT2D eigenvalue weighted by Gasteiger charge is 2.17. The maximum atomic E-state index is 11.3. The number of carbonyl (C=O) groups excluding carboxylic acids is 4. The Morgan fingerprint density at radius 1 is 0.833 bits per heavy atom. The lowest BCUT2D eigenvalue weighted by Gasteiger charge is -2.14. The predicted octanol–water partition coefficient (Wildman–Crippen LogP) is 5.49. The fraction of sp³-hybridized carbons (Fsp3) is 0.568. The molecule has 15 nitrogen and oxygen atoms in total. The summed E-state index contributed by atoms with van der Waals surface area (Å²) in [6, 6.07) is 0. The average molecular weight is 789 g/mol. The van der Waals surface area contributed by atoms with Crippen molar-refractivity contribution >= 4 is 56.5 Å². The van der Waals surface area contributed by atoms with Crippen LogP contribution in [0.4, 0.5) is 0 Å². The minimum absolute atomic E-state index is 0.0303. The Balaban J connectivity index is 0.000000714. The summed E-state index contributed by atoms with van der Waals surface area (Å²) in [4.78, 5) is 70.2. The number of nitrogens with one attached hydrogen (secondary N) is 4. The van der Waals surface area contributed by atoms with Crippen molar-refractivity contribution in [3.63, 3.8) is 0 Å². The largest absolute Gasteiger partial charge is 0.471 e. The molecule has 2 aliphatic rings. The van der Waals surface area contributed by atoms with Crippen LogP contribution >= 0.6 is 22.7 Å². The molecule has 17 heteroatoms. The van der Waals surface area contributed by atoms with Gasteiger partial charge in [0.25, 0.3) is 6.47 Å². The van der Waals surface area contributed by atoms with E-state index in [1.807, 2.05) is 18.7 Å². The lowest BCUT2D eigenvalue weighted by molar-refractivity contribution is -0.131. The number of fused-ring (bicyclic) bond motifs is 1. The highest BCUT2D eigenvalue weighted by Crippen LogP contribution is 2.31. The summed E-state index contributed by atoms with van der Waals surface area (Å²) >= 11 is 3.01. The Morgan fingerprint density at radius 2 is 1.33 bits per heavy atom. The lowest BCUT2D eigenvalue weighted by atomic mass is 10.4. The van der Waals surface area contributed by atoms with Gasteiger partial charge in [0.2, 0.25) is 17.7 Å². The standard InChI is InChI=1S/C12H6N6S2.C8H14N2O2.C7H14N2O.2C3H8.C2H4O2.C2H6/c1(7-3-13-5-15-7)2-9-17-11-12(19-9)18-10(20-11)8-4-14-6-16-8;1-7(11)9-6-8(12)10-4-2-3-5-10;1-8-6-7(10)9-4-2-3-5-9;2*1-3-2;1-4-2-3;1-2/h3-6H,(H,13,15)(H,14,16);2-6H2,1H3,(H,9,11);8H,2-6H2,1H3;2*3H2,1-2H3;2H,1H3;1-2H3. The smallest absolute Gasteiger partial charge is 0.292 e. The van der Waals surface area contributed by atoms with Gasteiger partial charge >= 0.3 is 0 Å². The fourth-order valence-electron chi connectivity index (χ4n) is 4.14. The van der Waals surface area contributed by atoms with E-state index < -0.39 is 0 Å². The fourth-order valence-corrected chi connectivity index (χ4v) is 6.01. The molecule has 2 saturated heterocycles. The molecule has 300 valence electrons. The van der Waals surface area contributed by atoms with E-state index in [4.69, 9.17) is 4.79 Å². The number of amides is 3. The van der Waals surface area contributed by atoms with Crippen LogP contribution in [-0.2, 0) is 23.9 Å². The van der Waals surface area contributed by atoms with Crippen molar-refractivity contribution in [3.05, 3.63) is 35.7 Å². The summed E-state index contributed by atoms with van der Waals surface area (Å²) in [5, 5.41) is 6.99. The number of hydrogen-bond donors (Lipinski definition) is 4. The van der Waals surface area contributed by atoms with E-state index in [-0.39, 0.29) is 24.3 Å². The highest BCUT2D eigenvalue weighted by molar-refractivity contribution is 7.28. The summed E-state index contributed by atoms with van der Waals surface area (Å²) in [5.41, 5.74) is 1.68. The zero-order valence-electron chi connectivity index (χ0n) is 33.4. The number of nitrogens with zero attached hydrogens (tertiary/aromatic N) is 6. The van der Waals surface area contributed by atoms with E-state index in [0.29, 0.717) is 13.0 Å². The van der Waals surface area contributed by atoms with Gasteiger partial charge in [-0.3, -0.25) is 19.2 Å². The zero-order chi connectivity index (χ0) is 40.6. The number of H-pyrrole nitrogens is 2. The van der Waals surface area contributed by atoms with Gasteiger partial charge in [-0.25, -0.2) is 19.9 Å². The number of aromatic nitrogens is 6. The number of methoxy groups -OCH3 is 1. The van der Waals surface area contributed by atoms with Gasteiger partial charge in [-0.15, -0.1) is 0 Å². The Bertz CT molecular complexity index is 1570. The van der Waals surface area contributed by atoms with Crippen LogP contribution in [0.15, 0.2) is 25.0 Å². The van der Waals surface area contributed by atoms with Crippen LogP contribution < -0.4 is 10.6 Å². The normalized spacial score (nSPS) is 12.0. The molecule has 4 N–H and O–H groups in total. The number of hydrogen-bond acceptors (Lipinski definition) is 12. The number of carbonyl (C=O) groups is 4. The van der Waals surface area contributed by atoms with Gasteiger partial charge in [0, 0.05) is 33.1 Å². The molecule has 6 rings (SSSR count). The number of imidazole rings is 2. The number of likely N-dealkylation sites (tertiary alicyclic amines) is 2. The number of rotatable bonds is 6. The van der Waals surface area contributed by atoms with Gasteiger partial charge < -0.3 is 35.1 Å². The van der Waals surface area contributed by atoms with Crippen molar-refractivity contribution in [2.24, 2.45) is 0 Å². The first-order valence-electron chi connectivity index (χ1n) is 18.3. The lowest BCUT2D eigenvalue weighted by Crippen LogP contribution is -2.37. The van der Waals surface area contributed by atoms with E-state index in [2.05, 4.69) is 84.8 Å². The van der Waals surface area contributed by atoms with Crippen molar-refractivity contribution in [2.75, 3.05) is 53.4 Å². The Morgan fingerprint density at radius 3 is 1.76 bits per heavy atom. The first kappa shape index (κ1) is 49.3. The molecule has 4 aromatic rings. The van der Waals surface area contributed by atoms with Gasteiger partial charge in [0.1, 0.15) is 10.7 Å². The molecular weight excluding hydrogens is 729 g/mol. The summed E-state index contributed by atoms with van der Waals surface area (Å²) in [6.07, 6.45) is 13.7. The predicted molar refractivity (Wildman–Crippen MR) is 218 cm³/mol. The molecule has 0 spiro atoms. The zero-order valence-corrected chi connectivity index (χ0v) is 35.0. The Hall–Kier alpha value is -4.66. The third kappa shape index (κ3) is 21.1. The van der Waals surface area contributed by atoms with Crippen molar-refractivity contribution in [2.45, 2.75) is 87.0 Å². The number of ether oxygens (including phenoxy) is 1. The van der Waals surface area contributed by atoms with Crippen LogP contribution in [0.5, 0.6) is 0 Å². The maximum absolute atomic E-state index is 11.3. The molecule has 0 radical (unpaired) electrons. The first-order chi connectivity index (χ1) is 26.2. The molecule has 6 heterocycles. The number of likely N-dealkylation sites (N-methyl/N-ethyl adjacent to an activating group) is 1. The van der Waals surface area contributed by atoms with E-state index in [0.717, 1.165) is 70.1 Å². The monoisotopic (exact) mass is 788 g/mol. The van der Waals surface area contributed by atoms with E-state index in [1.165, 1.54) is 62.4 Å². The van der Waals surface area contributed by atoms with Crippen LogP contribution in [0.3, 0.4) is 0 Å². The van der Waals surface area contributed by atoms with Gasteiger partial charge in [-0.05, 0) is 44.6 Å². The number of thiazole rings is 2. The molecule has 0 aromatic carbocycles. The molecule has 4 aromatic heterocycles. The molecule has 0 atom stereocenters. The molecule has 0 saturated carbocycles. The molecule has 0 bridgehead atoms. The molecule has 2 fully saturated rings. The SMILES string of the molecule is C(#Cc1nc2sc(-c3cnc[nH]3)nc2s1)c1cnc[nH]1.CC.CC(=O)NCC(=O)N1CCCC1.CCC.CCC.CNCC(=O)N1CCCC1.COC=O. The third-order valence-corrected chi connectivity index (χ3v) is 8.31. The van der Waals surface area contributed by atoms with Crippen molar-refractivity contribution in [1.82, 2.24) is 50.3 Å². The second kappa shape index (κ2) is 31.8. The van der Waals surface area contributed by atoms with E-state index in [9.17, 15) is 14.4 Å². The van der Waals surface area contributed by atoms with Crippen LogP contribution in [0.2, 0.25) is 0 Å². The van der Waals surface area contributed by atoms with Gasteiger partial charge in [0.05, 0.1) is 50.9 Å². The van der Waals surface area contributed by atoms with E-state index in [1.54, 1.807) is 37.0 Å². The van der Waals surface area contributed by atoms with Gasteiger partial charge in [-0.2, -0.15) is 0 Å². The molecular formula is C37H60N10O5S2. The summed E-state index contributed by atoms with van der Waals surface area (Å²) < 4.78 is 3.86.